The highest BCUT2D eigenvalue weighted by molar-refractivity contribution is 7.88. The van der Waals surface area contributed by atoms with Crippen LogP contribution in [0.1, 0.15) is 0 Å². The van der Waals surface area contributed by atoms with E-state index in [0.717, 1.165) is 68.0 Å². The lowest BCUT2D eigenvalue weighted by Crippen LogP contribution is -2.63. The van der Waals surface area contributed by atoms with Gasteiger partial charge in [-0.15, -0.1) is 0 Å². The summed E-state index contributed by atoms with van der Waals surface area (Å²) in [4.78, 5) is 37.2. The SMILES string of the molecule is O=S(=O)(Oc1ccc(-c2ccc(-c3nc(-c4ccccc4)nc(-c4ccccc4)n3)cc2)c2ccccc12)C(F)(F)C(F)(F)C(F)(F)C(F)(F)F.OB(O)c1ccc(-c2ccccn2)cc1.c1ccc(-c2nc(-c3ccccc3)nc(-c3ccc(-c4ccc(-c5ccc(-c6ccccn6)cc5)c5ccccc45)cc3)n2)cc1. The molecule has 2 N–H and O–H groups in total. The molecule has 0 atom stereocenters. The molecule has 0 radical (unpaired) electrons. The minimum Gasteiger partial charge on any atom is -0.423 e. The van der Waals surface area contributed by atoms with Gasteiger partial charge in [-0.25, -0.2) is 29.9 Å². The van der Waals surface area contributed by atoms with Crippen molar-refractivity contribution in [3.05, 3.63) is 340 Å². The first-order chi connectivity index (χ1) is 54.0. The second kappa shape index (κ2) is 32.0. The predicted octanol–water partition coefficient (Wildman–Crippen LogP) is 20.7. The zero-order valence-corrected chi connectivity index (χ0v) is 59.2. The molecular formula is C88H58BF9N8O5S. The Bertz CT molecular complexity index is 5970. The largest absolute Gasteiger partial charge is 0.488 e. The van der Waals surface area contributed by atoms with Crippen molar-refractivity contribution >= 4 is 44.2 Å². The predicted molar refractivity (Wildman–Crippen MR) is 417 cm³/mol. The van der Waals surface area contributed by atoms with Crippen LogP contribution in [0.5, 0.6) is 5.75 Å². The third kappa shape index (κ3) is 15.9. The molecule has 0 aliphatic carbocycles. The maximum atomic E-state index is 14.4. The summed E-state index contributed by atoms with van der Waals surface area (Å²) in [6.07, 6.45) is -3.66. The summed E-state index contributed by atoms with van der Waals surface area (Å²) < 4.78 is 150. The first-order valence-electron chi connectivity index (χ1n) is 34.5. The van der Waals surface area contributed by atoms with Gasteiger partial charge in [0.1, 0.15) is 0 Å². The van der Waals surface area contributed by atoms with E-state index in [1.807, 2.05) is 176 Å². The second-order valence-electron chi connectivity index (χ2n) is 25.3. The first kappa shape index (κ1) is 75.4. The number of nitrogens with zero attached hydrogens (tertiary/aromatic N) is 8. The average Bonchev–Trinajstić information content (AvgIpc) is 0.719. The Morgan fingerprint density at radius 3 is 0.857 bits per heavy atom. The van der Waals surface area contributed by atoms with Gasteiger partial charge in [-0.1, -0.05) is 291 Å². The molecule has 4 heterocycles. The Hall–Kier alpha value is -13.4. The van der Waals surface area contributed by atoms with Crippen molar-refractivity contribution in [3.8, 4) is 130 Å². The van der Waals surface area contributed by atoms with Crippen molar-refractivity contribution < 1.29 is 62.2 Å². The lowest BCUT2D eigenvalue weighted by Gasteiger charge is -2.32. The molecule has 0 fully saturated rings. The number of pyridine rings is 2. The summed E-state index contributed by atoms with van der Waals surface area (Å²) in [5, 5.41) is 13.1. The van der Waals surface area contributed by atoms with Gasteiger partial charge < -0.3 is 14.2 Å². The molecule has 24 heteroatoms. The molecular weight excluding hydrogens is 1460 g/mol. The van der Waals surface area contributed by atoms with Crippen LogP contribution in [-0.4, -0.2) is 88.7 Å². The number of rotatable bonds is 17. The fraction of sp³-hybridized carbons (Fsp3) is 0.0455. The number of aromatic nitrogens is 8. The van der Waals surface area contributed by atoms with Gasteiger partial charge in [0.05, 0.1) is 11.4 Å². The Morgan fingerprint density at radius 2 is 0.545 bits per heavy atom. The molecule has 112 heavy (non-hydrogen) atoms. The fourth-order valence-electron chi connectivity index (χ4n) is 12.3. The smallest absolute Gasteiger partial charge is 0.423 e. The molecule has 0 saturated heterocycles. The topological polar surface area (TPSA) is 187 Å². The molecule has 4 aromatic heterocycles. The highest BCUT2D eigenvalue weighted by atomic mass is 32.2. The van der Waals surface area contributed by atoms with E-state index in [9.17, 15) is 47.9 Å². The summed E-state index contributed by atoms with van der Waals surface area (Å²) in [5.41, 5.74) is 14.8. The van der Waals surface area contributed by atoms with Crippen molar-refractivity contribution in [1.29, 1.82) is 0 Å². The van der Waals surface area contributed by atoms with Crippen molar-refractivity contribution in [2.75, 3.05) is 0 Å². The zero-order chi connectivity index (χ0) is 78.2. The van der Waals surface area contributed by atoms with Gasteiger partial charge in [0.15, 0.2) is 40.7 Å². The van der Waals surface area contributed by atoms with Crippen LogP contribution in [0.3, 0.4) is 0 Å². The quantitative estimate of drug-likeness (QED) is 0.0499. The number of benzene rings is 12. The molecule has 552 valence electrons. The Labute approximate surface area is 636 Å². The van der Waals surface area contributed by atoms with Crippen LogP contribution in [0.25, 0.3) is 146 Å². The number of hydrogen-bond donors (Lipinski definition) is 2. The minimum atomic E-state index is -7.43. The van der Waals surface area contributed by atoms with Gasteiger partial charge in [-0.3, -0.25) is 9.97 Å². The number of alkyl halides is 9. The zero-order valence-electron chi connectivity index (χ0n) is 58.4. The molecule has 13 nitrogen and oxygen atoms in total. The molecule has 16 aromatic rings. The van der Waals surface area contributed by atoms with Crippen molar-refractivity contribution in [3.63, 3.8) is 0 Å². The summed E-state index contributed by atoms with van der Waals surface area (Å²) >= 11 is 0. The van der Waals surface area contributed by atoms with Crippen LogP contribution in [0.2, 0.25) is 0 Å². The normalized spacial score (nSPS) is 11.8. The summed E-state index contributed by atoms with van der Waals surface area (Å²) in [6, 6.07) is 101. The third-order valence-corrected chi connectivity index (χ3v) is 19.4. The molecule has 0 aliphatic rings. The van der Waals surface area contributed by atoms with E-state index in [1.54, 1.807) is 42.6 Å². The van der Waals surface area contributed by atoms with Crippen LogP contribution >= 0.6 is 0 Å². The molecule has 0 aliphatic heterocycles. The van der Waals surface area contributed by atoms with E-state index >= 15 is 0 Å². The minimum absolute atomic E-state index is 0.131. The van der Waals surface area contributed by atoms with E-state index in [0.29, 0.717) is 57.1 Å². The number of hydrogen-bond acceptors (Lipinski definition) is 13. The van der Waals surface area contributed by atoms with Crippen molar-refractivity contribution in [2.45, 2.75) is 23.3 Å². The molecule has 0 saturated carbocycles. The van der Waals surface area contributed by atoms with Crippen LogP contribution in [0, 0.1) is 0 Å². The third-order valence-electron chi connectivity index (χ3n) is 18.1. The lowest BCUT2D eigenvalue weighted by atomic mass is 9.80. The van der Waals surface area contributed by atoms with Gasteiger partial charge in [-0.05, 0) is 91.4 Å². The monoisotopic (exact) mass is 1520 g/mol. The lowest BCUT2D eigenvalue weighted by molar-refractivity contribution is -0.382. The Kier molecular flexibility index (Phi) is 21.6. The summed E-state index contributed by atoms with van der Waals surface area (Å²) in [5.74, 6) is -12.8. The van der Waals surface area contributed by atoms with Crippen LogP contribution < -0.4 is 9.65 Å². The fourth-order valence-corrected chi connectivity index (χ4v) is 13.2. The van der Waals surface area contributed by atoms with E-state index in [4.69, 9.17) is 25.0 Å². The van der Waals surface area contributed by atoms with E-state index < -0.39 is 46.3 Å². The molecule has 0 unspecified atom stereocenters. The maximum absolute atomic E-state index is 14.4. The van der Waals surface area contributed by atoms with Gasteiger partial charge in [0.2, 0.25) is 0 Å². The van der Waals surface area contributed by atoms with E-state index in [1.165, 1.54) is 51.7 Å². The Morgan fingerprint density at radius 1 is 0.277 bits per heavy atom. The first-order valence-corrected chi connectivity index (χ1v) is 36.0. The van der Waals surface area contributed by atoms with Gasteiger partial charge in [0.25, 0.3) is 0 Å². The Balaban J connectivity index is 0.000000157. The number of fused-ring (bicyclic) bond motifs is 2. The molecule has 0 amide bonds. The maximum Gasteiger partial charge on any atom is 0.488 e. The summed E-state index contributed by atoms with van der Waals surface area (Å²) in [7, 11) is -8.56. The van der Waals surface area contributed by atoms with Gasteiger partial charge >= 0.3 is 40.5 Å². The number of halogens is 9. The van der Waals surface area contributed by atoms with Crippen LogP contribution in [0.15, 0.2) is 340 Å². The van der Waals surface area contributed by atoms with Gasteiger partial charge in [0, 0.05) is 62.3 Å². The van der Waals surface area contributed by atoms with Crippen LogP contribution in [0.4, 0.5) is 39.5 Å². The highest BCUT2D eigenvalue weighted by Crippen LogP contribution is 2.55. The summed E-state index contributed by atoms with van der Waals surface area (Å²) in [6.45, 7) is 0. The second-order valence-corrected chi connectivity index (χ2v) is 26.9. The van der Waals surface area contributed by atoms with E-state index in [2.05, 4.69) is 114 Å². The average molecular weight is 1520 g/mol. The van der Waals surface area contributed by atoms with Crippen molar-refractivity contribution in [2.24, 2.45) is 0 Å². The standard InChI is InChI=1S/C42H28N4.C35H20F9N3O3S.C11H10BNO2/c1-3-11-32(12-4-1)40-44-41(33-13-5-2-6-14-33)46-42(45-40)34-24-20-30(21-25-34)36-27-26-35(37-15-7-8-16-38(36)37)29-18-22-31(23-19-29)39-17-9-10-28-43-39;36-32(37,34(40,41)42)33(38,39)35(43,44)51(48,49)50-28-20-19-25(26-13-7-8-14-27(26)28)21-15-17-24(18-16-21)31-46-29(22-9-3-1-4-10-22)45-30(47-31)23-11-5-2-6-12-23;14-12(15)10-6-4-9(5-7-10)11-3-1-2-8-13-11/h1-28H;1-20H;1-8,14-15H. The molecule has 12 aromatic carbocycles. The molecule has 0 spiro atoms. The van der Waals surface area contributed by atoms with Crippen LogP contribution in [-0.2, 0) is 10.1 Å². The van der Waals surface area contributed by atoms with Crippen molar-refractivity contribution in [1.82, 2.24) is 39.9 Å². The molecule has 16 rings (SSSR count). The molecule has 0 bridgehead atoms. The van der Waals surface area contributed by atoms with Gasteiger partial charge in [-0.2, -0.15) is 47.9 Å². The van der Waals surface area contributed by atoms with E-state index in [-0.39, 0.29) is 10.8 Å². The highest BCUT2D eigenvalue weighted by Gasteiger charge is 2.86.